The summed E-state index contributed by atoms with van der Waals surface area (Å²) < 4.78 is 65.0. The molecule has 0 N–H and O–H groups in total. The molecule has 1 aromatic carbocycles. The summed E-state index contributed by atoms with van der Waals surface area (Å²) in [5, 5.41) is 0. The van der Waals surface area contributed by atoms with Crippen molar-refractivity contribution < 1.29 is 26.7 Å². The molecule has 1 saturated heterocycles. The van der Waals surface area contributed by atoms with E-state index in [2.05, 4.69) is 15.9 Å². The summed E-state index contributed by atoms with van der Waals surface area (Å²) in [7, 11) is 0. The Hall–Kier alpha value is -1.18. The molecule has 2 nitrogen and oxygen atoms in total. The second-order valence-electron chi connectivity index (χ2n) is 4.83. The molecule has 0 saturated carbocycles. The molecule has 1 amide bonds. The molecule has 21 heavy (non-hydrogen) atoms. The van der Waals surface area contributed by atoms with Crippen molar-refractivity contribution in [2.75, 3.05) is 13.1 Å². The van der Waals surface area contributed by atoms with Gasteiger partial charge in [-0.2, -0.15) is 13.2 Å². The fraction of sp³-hybridized carbons (Fsp3) is 0.462. The molecule has 0 bridgehead atoms. The average Bonchev–Trinajstić information content (AvgIpc) is 2.42. The molecule has 2 rings (SSSR count). The molecule has 0 spiro atoms. The molecule has 0 aromatic heterocycles. The number of nitrogens with zero attached hydrogens (tertiary/aromatic N) is 1. The first-order valence-corrected chi connectivity index (χ1v) is 7.00. The van der Waals surface area contributed by atoms with Crippen LogP contribution in [0, 0.1) is 17.6 Å². The van der Waals surface area contributed by atoms with Gasteiger partial charge in [0.05, 0.1) is 10.4 Å². The predicted molar refractivity (Wildman–Crippen MR) is 68.7 cm³/mol. The SMILES string of the molecule is O=C(c1c(F)ccc(Br)c1F)N1CCC(C(F)(F)F)CC1. The van der Waals surface area contributed by atoms with Gasteiger partial charge in [-0.1, -0.05) is 0 Å². The van der Waals surface area contributed by atoms with Crippen molar-refractivity contribution in [3.63, 3.8) is 0 Å². The van der Waals surface area contributed by atoms with E-state index in [9.17, 15) is 26.7 Å². The van der Waals surface area contributed by atoms with Crippen molar-refractivity contribution >= 4 is 21.8 Å². The minimum atomic E-state index is -4.30. The molecule has 0 aliphatic carbocycles. The van der Waals surface area contributed by atoms with Gasteiger partial charge in [0, 0.05) is 13.1 Å². The van der Waals surface area contributed by atoms with Gasteiger partial charge in [-0.05, 0) is 40.9 Å². The highest BCUT2D eigenvalue weighted by Gasteiger charge is 2.42. The Kier molecular flexibility index (Phi) is 4.55. The summed E-state index contributed by atoms with van der Waals surface area (Å²) in [6.07, 6.45) is -4.82. The number of benzene rings is 1. The Bertz CT molecular complexity index is 552. The van der Waals surface area contributed by atoms with Crippen LogP contribution in [0.25, 0.3) is 0 Å². The topological polar surface area (TPSA) is 20.3 Å². The van der Waals surface area contributed by atoms with Crippen LogP contribution in [0.3, 0.4) is 0 Å². The van der Waals surface area contributed by atoms with E-state index < -0.39 is 35.2 Å². The fourth-order valence-electron chi connectivity index (χ4n) is 2.29. The molecule has 0 atom stereocenters. The first-order valence-electron chi connectivity index (χ1n) is 6.21. The van der Waals surface area contributed by atoms with E-state index >= 15 is 0 Å². The summed E-state index contributed by atoms with van der Waals surface area (Å²) in [5.41, 5.74) is -0.741. The highest BCUT2D eigenvalue weighted by Crippen LogP contribution is 2.34. The lowest BCUT2D eigenvalue weighted by Gasteiger charge is -2.33. The first-order chi connectivity index (χ1) is 9.71. The normalized spacial score (nSPS) is 17.1. The van der Waals surface area contributed by atoms with Crippen molar-refractivity contribution in [3.8, 4) is 0 Å². The van der Waals surface area contributed by atoms with Gasteiger partial charge < -0.3 is 4.90 Å². The zero-order chi connectivity index (χ0) is 15.8. The van der Waals surface area contributed by atoms with Crippen LogP contribution in [0.15, 0.2) is 16.6 Å². The standard InChI is InChI=1S/C13H11BrF5NO/c14-8-1-2-9(15)10(11(8)16)12(21)20-5-3-7(4-6-20)13(17,18)19/h1-2,7H,3-6H2. The third-order valence-electron chi connectivity index (χ3n) is 3.50. The maximum absolute atomic E-state index is 13.8. The number of carbonyl (C=O) groups is 1. The van der Waals surface area contributed by atoms with Gasteiger partial charge in [-0.15, -0.1) is 0 Å². The molecule has 1 heterocycles. The quantitative estimate of drug-likeness (QED) is 0.536. The van der Waals surface area contributed by atoms with E-state index in [4.69, 9.17) is 0 Å². The molecule has 116 valence electrons. The van der Waals surface area contributed by atoms with Crippen molar-refractivity contribution in [2.45, 2.75) is 19.0 Å². The molecular weight excluding hydrogens is 361 g/mol. The van der Waals surface area contributed by atoms with Crippen LogP contribution >= 0.6 is 15.9 Å². The van der Waals surface area contributed by atoms with Crippen LogP contribution in [-0.4, -0.2) is 30.1 Å². The third kappa shape index (κ3) is 3.36. The van der Waals surface area contributed by atoms with E-state index in [1.807, 2.05) is 0 Å². The Morgan fingerprint density at radius 3 is 2.29 bits per heavy atom. The van der Waals surface area contributed by atoms with Crippen LogP contribution in [0.4, 0.5) is 22.0 Å². The lowest BCUT2D eigenvalue weighted by Crippen LogP contribution is -2.42. The molecule has 1 aromatic rings. The third-order valence-corrected chi connectivity index (χ3v) is 4.12. The second kappa shape index (κ2) is 5.90. The minimum Gasteiger partial charge on any atom is -0.338 e. The molecule has 1 aliphatic rings. The second-order valence-corrected chi connectivity index (χ2v) is 5.68. The molecule has 0 unspecified atom stereocenters. The van der Waals surface area contributed by atoms with E-state index in [0.29, 0.717) is 0 Å². The molecule has 0 radical (unpaired) electrons. The number of hydrogen-bond donors (Lipinski definition) is 0. The van der Waals surface area contributed by atoms with E-state index in [1.165, 1.54) is 0 Å². The molecule has 1 fully saturated rings. The molecular formula is C13H11BrF5NO. The Labute approximate surface area is 126 Å². The zero-order valence-electron chi connectivity index (χ0n) is 10.7. The lowest BCUT2D eigenvalue weighted by molar-refractivity contribution is -0.183. The largest absolute Gasteiger partial charge is 0.391 e. The van der Waals surface area contributed by atoms with Crippen molar-refractivity contribution in [1.29, 1.82) is 0 Å². The summed E-state index contributed by atoms with van der Waals surface area (Å²) in [5.74, 6) is -4.47. The van der Waals surface area contributed by atoms with Crippen LogP contribution in [0.1, 0.15) is 23.2 Å². The van der Waals surface area contributed by atoms with E-state index in [0.717, 1.165) is 17.0 Å². The Balaban J connectivity index is 2.15. The number of piperidine rings is 1. The van der Waals surface area contributed by atoms with E-state index in [1.54, 1.807) is 0 Å². The highest BCUT2D eigenvalue weighted by molar-refractivity contribution is 9.10. The summed E-state index contributed by atoms with van der Waals surface area (Å²) in [4.78, 5) is 13.1. The van der Waals surface area contributed by atoms with Gasteiger partial charge in [0.2, 0.25) is 0 Å². The van der Waals surface area contributed by atoms with Gasteiger partial charge in [-0.3, -0.25) is 4.79 Å². The maximum atomic E-state index is 13.8. The monoisotopic (exact) mass is 371 g/mol. The maximum Gasteiger partial charge on any atom is 0.391 e. The predicted octanol–water partition coefficient (Wildman–Crippen LogP) is 4.14. The minimum absolute atomic E-state index is 0.0718. The fourth-order valence-corrected chi connectivity index (χ4v) is 2.62. The van der Waals surface area contributed by atoms with Crippen LogP contribution in [-0.2, 0) is 0 Å². The molecule has 8 heteroatoms. The number of carbonyl (C=O) groups excluding carboxylic acids is 1. The molecule has 1 aliphatic heterocycles. The number of amides is 1. The van der Waals surface area contributed by atoms with Crippen LogP contribution < -0.4 is 0 Å². The zero-order valence-corrected chi connectivity index (χ0v) is 12.3. The first kappa shape index (κ1) is 16.2. The van der Waals surface area contributed by atoms with Gasteiger partial charge >= 0.3 is 6.18 Å². The number of rotatable bonds is 1. The number of hydrogen-bond acceptors (Lipinski definition) is 1. The number of alkyl halides is 3. The van der Waals surface area contributed by atoms with Crippen molar-refractivity contribution in [3.05, 3.63) is 33.8 Å². The van der Waals surface area contributed by atoms with Gasteiger partial charge in [0.15, 0.2) is 5.82 Å². The summed E-state index contributed by atoms with van der Waals surface area (Å²) in [6, 6.07) is 2.06. The van der Waals surface area contributed by atoms with E-state index in [-0.39, 0.29) is 30.4 Å². The van der Waals surface area contributed by atoms with Crippen molar-refractivity contribution in [1.82, 2.24) is 4.90 Å². The highest BCUT2D eigenvalue weighted by atomic mass is 79.9. The smallest absolute Gasteiger partial charge is 0.338 e. The summed E-state index contributed by atoms with van der Waals surface area (Å²) >= 11 is 2.85. The Morgan fingerprint density at radius 2 is 1.76 bits per heavy atom. The van der Waals surface area contributed by atoms with Crippen LogP contribution in [0.5, 0.6) is 0 Å². The Morgan fingerprint density at radius 1 is 1.19 bits per heavy atom. The van der Waals surface area contributed by atoms with Crippen molar-refractivity contribution in [2.24, 2.45) is 5.92 Å². The van der Waals surface area contributed by atoms with Gasteiger partial charge in [-0.25, -0.2) is 8.78 Å². The van der Waals surface area contributed by atoms with Gasteiger partial charge in [0.1, 0.15) is 11.4 Å². The average molecular weight is 372 g/mol. The van der Waals surface area contributed by atoms with Crippen LogP contribution in [0.2, 0.25) is 0 Å². The lowest BCUT2D eigenvalue weighted by atomic mass is 9.96. The number of halogens is 6. The summed E-state index contributed by atoms with van der Waals surface area (Å²) in [6.45, 7) is -0.344. The number of likely N-dealkylation sites (tertiary alicyclic amines) is 1. The van der Waals surface area contributed by atoms with Gasteiger partial charge in [0.25, 0.3) is 5.91 Å².